The van der Waals surface area contributed by atoms with Crippen LogP contribution in [-0.4, -0.2) is 29.9 Å². The molecule has 4 rings (SSSR count). The summed E-state index contributed by atoms with van der Waals surface area (Å²) in [6.45, 7) is 1.62. The molecule has 0 aliphatic carbocycles. The smallest absolute Gasteiger partial charge is 0.232 e. The highest BCUT2D eigenvalue weighted by Crippen LogP contribution is 2.30. The second kappa shape index (κ2) is 8.90. The largest absolute Gasteiger partial charge is 0.345 e. The lowest BCUT2D eigenvalue weighted by atomic mass is 9.99. The molecule has 0 atom stereocenters. The van der Waals surface area contributed by atoms with Gasteiger partial charge < -0.3 is 4.98 Å². The van der Waals surface area contributed by atoms with E-state index in [-0.39, 0.29) is 39.9 Å². The van der Waals surface area contributed by atoms with Crippen LogP contribution in [0.2, 0.25) is 0 Å². The normalized spacial score (nSPS) is 11.7. The summed E-state index contributed by atoms with van der Waals surface area (Å²) < 4.78 is 83.2. The number of rotatable bonds is 7. The molecule has 176 valence electrons. The van der Waals surface area contributed by atoms with E-state index < -0.39 is 50.3 Å². The summed E-state index contributed by atoms with van der Waals surface area (Å²) in [4.78, 5) is 19.9. The number of pyridine rings is 1. The average molecular weight is 491 g/mol. The Morgan fingerprint density at radius 2 is 1.82 bits per heavy atom. The molecule has 2 aromatic carbocycles. The van der Waals surface area contributed by atoms with Crippen molar-refractivity contribution >= 4 is 32.5 Å². The van der Waals surface area contributed by atoms with Crippen molar-refractivity contribution in [1.29, 1.82) is 0 Å². The van der Waals surface area contributed by atoms with Gasteiger partial charge in [-0.05, 0) is 36.8 Å². The SMILES string of the molecule is CCCS(=O)(=O)Nc1ccc(F)c(C(=O)c2c[nH]c3ncc(-c4ccc(F)cc4F)cc23)c1F. The molecule has 34 heavy (non-hydrogen) atoms. The lowest BCUT2D eigenvalue weighted by Crippen LogP contribution is -2.18. The number of sulfonamides is 1. The Balaban J connectivity index is 1.80. The number of carbonyl (C=O) groups is 1. The molecule has 0 radical (unpaired) electrons. The van der Waals surface area contributed by atoms with Crippen LogP contribution in [0, 0.1) is 23.3 Å². The molecule has 0 aliphatic rings. The second-order valence-electron chi connectivity index (χ2n) is 7.48. The summed E-state index contributed by atoms with van der Waals surface area (Å²) in [6.07, 6.45) is 2.76. The minimum absolute atomic E-state index is 0.0140. The van der Waals surface area contributed by atoms with E-state index in [4.69, 9.17) is 0 Å². The van der Waals surface area contributed by atoms with E-state index in [1.807, 2.05) is 4.72 Å². The van der Waals surface area contributed by atoms with Crippen LogP contribution in [0.3, 0.4) is 0 Å². The number of hydrogen-bond donors (Lipinski definition) is 2. The fourth-order valence-corrected chi connectivity index (χ4v) is 4.66. The number of nitrogens with zero attached hydrogens (tertiary/aromatic N) is 1. The maximum atomic E-state index is 15.1. The molecule has 2 N–H and O–H groups in total. The Bertz CT molecular complexity index is 1530. The molecule has 6 nitrogen and oxygen atoms in total. The molecule has 11 heteroatoms. The lowest BCUT2D eigenvalue weighted by molar-refractivity contribution is 0.103. The number of nitrogens with one attached hydrogen (secondary N) is 2. The first-order chi connectivity index (χ1) is 16.1. The predicted octanol–water partition coefficient (Wildman–Crippen LogP) is 5.17. The zero-order valence-electron chi connectivity index (χ0n) is 17.6. The van der Waals surface area contributed by atoms with E-state index in [2.05, 4.69) is 9.97 Å². The van der Waals surface area contributed by atoms with Crippen LogP contribution in [0.5, 0.6) is 0 Å². The van der Waals surface area contributed by atoms with Gasteiger partial charge in [0.2, 0.25) is 15.8 Å². The molecular weight excluding hydrogens is 474 g/mol. The van der Waals surface area contributed by atoms with Crippen LogP contribution in [0.1, 0.15) is 29.3 Å². The van der Waals surface area contributed by atoms with Gasteiger partial charge in [-0.1, -0.05) is 6.92 Å². The van der Waals surface area contributed by atoms with Crippen molar-refractivity contribution in [1.82, 2.24) is 9.97 Å². The number of fused-ring (bicyclic) bond motifs is 1. The fourth-order valence-electron chi connectivity index (χ4n) is 3.52. The third-order valence-corrected chi connectivity index (χ3v) is 6.55. The standard InChI is InChI=1S/C23H17F4N3O3S/c1-2-7-34(32,33)30-19-6-5-17(25)20(21(19)27)22(31)16-11-29-23-15(16)8-12(10-28-23)14-4-3-13(24)9-18(14)26/h3-6,8-11,30H,2,7H2,1H3,(H,28,29). The Morgan fingerprint density at radius 3 is 2.53 bits per heavy atom. The Labute approximate surface area is 191 Å². The average Bonchev–Trinajstić information content (AvgIpc) is 3.19. The van der Waals surface area contributed by atoms with Gasteiger partial charge in [0, 0.05) is 40.5 Å². The van der Waals surface area contributed by atoms with Crippen molar-refractivity contribution < 1.29 is 30.8 Å². The van der Waals surface area contributed by atoms with Gasteiger partial charge in [-0.2, -0.15) is 0 Å². The lowest BCUT2D eigenvalue weighted by Gasteiger charge is -2.11. The highest BCUT2D eigenvalue weighted by Gasteiger charge is 2.26. The van der Waals surface area contributed by atoms with E-state index in [1.165, 1.54) is 24.5 Å². The summed E-state index contributed by atoms with van der Waals surface area (Å²) >= 11 is 0. The predicted molar refractivity (Wildman–Crippen MR) is 119 cm³/mol. The molecule has 0 bridgehead atoms. The fraction of sp³-hybridized carbons (Fsp3) is 0.130. The molecule has 0 amide bonds. The van der Waals surface area contributed by atoms with Crippen LogP contribution in [0.15, 0.2) is 48.8 Å². The van der Waals surface area contributed by atoms with Gasteiger partial charge in [-0.15, -0.1) is 0 Å². The molecule has 0 saturated heterocycles. The van der Waals surface area contributed by atoms with E-state index in [0.717, 1.165) is 18.2 Å². The van der Waals surface area contributed by atoms with Gasteiger partial charge in [0.05, 0.1) is 17.0 Å². The second-order valence-corrected chi connectivity index (χ2v) is 9.32. The first-order valence-electron chi connectivity index (χ1n) is 10.1. The van der Waals surface area contributed by atoms with Crippen LogP contribution in [-0.2, 0) is 10.0 Å². The van der Waals surface area contributed by atoms with E-state index >= 15 is 4.39 Å². The quantitative estimate of drug-likeness (QED) is 0.276. The number of aromatic nitrogens is 2. The first-order valence-corrected chi connectivity index (χ1v) is 11.7. The third kappa shape index (κ3) is 4.38. The van der Waals surface area contributed by atoms with E-state index in [0.29, 0.717) is 6.07 Å². The van der Waals surface area contributed by atoms with Crippen LogP contribution in [0.25, 0.3) is 22.2 Å². The maximum absolute atomic E-state index is 15.1. The van der Waals surface area contributed by atoms with Crippen molar-refractivity contribution in [2.75, 3.05) is 10.5 Å². The number of H-pyrrole nitrogens is 1. The minimum Gasteiger partial charge on any atom is -0.345 e. The monoisotopic (exact) mass is 491 g/mol. The van der Waals surface area contributed by atoms with Gasteiger partial charge in [0.1, 0.15) is 23.1 Å². The van der Waals surface area contributed by atoms with Crippen LogP contribution in [0.4, 0.5) is 23.2 Å². The number of halogens is 4. The number of anilines is 1. The minimum atomic E-state index is -3.90. The van der Waals surface area contributed by atoms with Crippen molar-refractivity contribution in [3.8, 4) is 11.1 Å². The summed E-state index contributed by atoms with van der Waals surface area (Å²) in [7, 11) is -3.90. The van der Waals surface area contributed by atoms with Crippen LogP contribution < -0.4 is 4.72 Å². The summed E-state index contributed by atoms with van der Waals surface area (Å²) in [5, 5.41) is 0.141. The van der Waals surface area contributed by atoms with Crippen molar-refractivity contribution in [2.45, 2.75) is 13.3 Å². The van der Waals surface area contributed by atoms with Gasteiger partial charge in [-0.3, -0.25) is 9.52 Å². The third-order valence-electron chi connectivity index (χ3n) is 5.07. The summed E-state index contributed by atoms with van der Waals surface area (Å²) in [6, 6.07) is 6.01. The molecule has 2 heterocycles. The Morgan fingerprint density at radius 1 is 1.06 bits per heavy atom. The van der Waals surface area contributed by atoms with Crippen molar-refractivity contribution in [3.05, 3.63) is 83.2 Å². The molecule has 4 aromatic rings. The van der Waals surface area contributed by atoms with Crippen molar-refractivity contribution in [3.63, 3.8) is 0 Å². The van der Waals surface area contributed by atoms with Crippen LogP contribution >= 0.6 is 0 Å². The van der Waals surface area contributed by atoms with Gasteiger partial charge in [-0.25, -0.2) is 31.0 Å². The molecule has 0 unspecified atom stereocenters. The number of carbonyl (C=O) groups excluding carboxylic acids is 1. The number of aromatic amines is 1. The van der Waals surface area contributed by atoms with E-state index in [9.17, 15) is 26.4 Å². The Hall–Kier alpha value is -3.73. The van der Waals surface area contributed by atoms with Gasteiger partial charge in [0.25, 0.3) is 0 Å². The molecule has 0 fully saturated rings. The number of ketones is 1. The molecule has 0 spiro atoms. The van der Waals surface area contributed by atoms with Gasteiger partial charge in [0.15, 0.2) is 5.82 Å². The number of hydrogen-bond acceptors (Lipinski definition) is 4. The summed E-state index contributed by atoms with van der Waals surface area (Å²) in [5.41, 5.74) is -1.28. The highest BCUT2D eigenvalue weighted by molar-refractivity contribution is 7.92. The zero-order valence-corrected chi connectivity index (χ0v) is 18.4. The Kier molecular flexibility index (Phi) is 6.13. The summed E-state index contributed by atoms with van der Waals surface area (Å²) in [5.74, 6) is -5.54. The van der Waals surface area contributed by atoms with Crippen molar-refractivity contribution in [2.24, 2.45) is 0 Å². The molecule has 2 aromatic heterocycles. The zero-order chi connectivity index (χ0) is 24.6. The maximum Gasteiger partial charge on any atom is 0.232 e. The molecular formula is C23H17F4N3O3S. The highest BCUT2D eigenvalue weighted by atomic mass is 32.2. The van der Waals surface area contributed by atoms with E-state index in [1.54, 1.807) is 6.92 Å². The number of benzene rings is 2. The molecule has 0 aliphatic heterocycles. The topological polar surface area (TPSA) is 91.9 Å². The molecule has 0 saturated carbocycles. The first kappa shape index (κ1) is 23.4. The van der Waals surface area contributed by atoms with Gasteiger partial charge >= 0.3 is 0 Å².